The summed E-state index contributed by atoms with van der Waals surface area (Å²) in [7, 11) is 0. The molecule has 1 fully saturated rings. The Labute approximate surface area is 215 Å². The number of fused-ring (bicyclic) bond motifs is 2. The van der Waals surface area contributed by atoms with E-state index in [1.54, 1.807) is 0 Å². The molecule has 3 aromatic carbocycles. The van der Waals surface area contributed by atoms with Crippen LogP contribution < -0.4 is 10.6 Å². The lowest BCUT2D eigenvalue weighted by Gasteiger charge is -2.32. The number of anilines is 2. The highest BCUT2D eigenvalue weighted by atomic mass is 35.5. The van der Waals surface area contributed by atoms with Gasteiger partial charge in [0.05, 0.1) is 16.6 Å². The number of carbonyl (C=O) groups excluding carboxylic acids is 1. The number of nitrogens with zero attached hydrogens (tertiary/aromatic N) is 2. The van der Waals surface area contributed by atoms with Crippen LogP contribution in [0.5, 0.6) is 0 Å². The van der Waals surface area contributed by atoms with Gasteiger partial charge in [-0.3, -0.25) is 4.79 Å². The van der Waals surface area contributed by atoms with Gasteiger partial charge in [0.25, 0.3) is 5.91 Å². The van der Waals surface area contributed by atoms with Crippen molar-refractivity contribution in [2.75, 3.05) is 30.3 Å². The molecule has 2 aliphatic heterocycles. The number of amides is 1. The highest BCUT2D eigenvalue weighted by Crippen LogP contribution is 2.41. The molecule has 3 heterocycles. The lowest BCUT2D eigenvalue weighted by Crippen LogP contribution is -2.38. The van der Waals surface area contributed by atoms with E-state index in [9.17, 15) is 4.79 Å². The van der Waals surface area contributed by atoms with Crippen LogP contribution in [0.1, 0.15) is 36.7 Å². The highest BCUT2D eigenvalue weighted by molar-refractivity contribution is 6.38. The number of aromatic nitrogens is 2. The van der Waals surface area contributed by atoms with Crippen LogP contribution in [0, 0.1) is 0 Å². The van der Waals surface area contributed by atoms with Gasteiger partial charge in [0.1, 0.15) is 5.82 Å². The van der Waals surface area contributed by atoms with Crippen molar-refractivity contribution in [3.8, 4) is 0 Å². The summed E-state index contributed by atoms with van der Waals surface area (Å²) in [6.45, 7) is 5.53. The second kappa shape index (κ2) is 9.45. The summed E-state index contributed by atoms with van der Waals surface area (Å²) in [6, 6.07) is 22.0. The van der Waals surface area contributed by atoms with Crippen molar-refractivity contribution in [1.82, 2.24) is 14.9 Å². The quantitative estimate of drug-likeness (QED) is 0.295. The molecule has 0 aliphatic carbocycles. The molecule has 6 rings (SSSR count). The molecule has 1 aromatic heterocycles. The molecule has 0 atom stereocenters. The van der Waals surface area contributed by atoms with Crippen LogP contribution in [0.25, 0.3) is 22.2 Å². The van der Waals surface area contributed by atoms with E-state index in [1.165, 1.54) is 0 Å². The van der Waals surface area contributed by atoms with Crippen molar-refractivity contribution in [1.29, 1.82) is 0 Å². The summed E-state index contributed by atoms with van der Waals surface area (Å²) in [5.74, 6) is 0.496. The van der Waals surface area contributed by atoms with E-state index in [2.05, 4.69) is 39.6 Å². The third-order valence-corrected chi connectivity index (χ3v) is 7.39. The Morgan fingerprint density at radius 3 is 2.69 bits per heavy atom. The van der Waals surface area contributed by atoms with Gasteiger partial charge in [-0.25, -0.2) is 4.98 Å². The summed E-state index contributed by atoms with van der Waals surface area (Å²) >= 11 is 6.39. The van der Waals surface area contributed by atoms with Crippen LogP contribution in [0.2, 0.25) is 5.02 Å². The van der Waals surface area contributed by atoms with Gasteiger partial charge in [-0.15, -0.1) is 0 Å². The largest absolute Gasteiger partial charge is 0.382 e. The van der Waals surface area contributed by atoms with Gasteiger partial charge in [0.2, 0.25) is 0 Å². The van der Waals surface area contributed by atoms with E-state index >= 15 is 0 Å². The first-order valence-electron chi connectivity index (χ1n) is 12.5. The number of para-hydroxylation sites is 2. The third-order valence-electron chi connectivity index (χ3n) is 7.16. The minimum Gasteiger partial charge on any atom is -0.382 e. The average Bonchev–Trinajstić information content (AvgIpc) is 3.46. The molecule has 4 aromatic rings. The molecule has 1 saturated heterocycles. The Hall–Kier alpha value is -3.61. The maximum atomic E-state index is 13.4. The number of aromatic amines is 1. The number of carbonyl (C=O) groups is 1. The molecule has 2 aliphatic rings. The van der Waals surface area contributed by atoms with Crippen molar-refractivity contribution in [3.63, 3.8) is 0 Å². The van der Waals surface area contributed by atoms with E-state index in [0.717, 1.165) is 71.6 Å². The number of nitrogens with one attached hydrogen (secondary N) is 3. The summed E-state index contributed by atoms with van der Waals surface area (Å²) in [4.78, 5) is 24.2. The van der Waals surface area contributed by atoms with Gasteiger partial charge in [-0.1, -0.05) is 42.8 Å². The third kappa shape index (κ3) is 4.27. The molecule has 0 saturated carbocycles. The molecular weight excluding hydrogens is 470 g/mol. The average molecular weight is 498 g/mol. The number of likely N-dealkylation sites (tertiary alicyclic amines) is 1. The van der Waals surface area contributed by atoms with E-state index in [4.69, 9.17) is 16.6 Å². The van der Waals surface area contributed by atoms with E-state index in [-0.39, 0.29) is 5.91 Å². The monoisotopic (exact) mass is 497 g/mol. The van der Waals surface area contributed by atoms with Crippen LogP contribution in [0.15, 0.2) is 66.7 Å². The number of hydrogen-bond donors (Lipinski definition) is 3. The SMILES string of the molecule is CCN1CCC(Nc2ccc3c(c2)C(=C(c2cccc(Cl)c2)c2nc4ccccc4[nH]2)C(=O)N3)CC1. The number of H-pyrrole nitrogens is 1. The first-order chi connectivity index (χ1) is 17.6. The van der Waals surface area contributed by atoms with Crippen LogP contribution in [0.3, 0.4) is 0 Å². The molecule has 0 spiro atoms. The zero-order chi connectivity index (χ0) is 24.6. The van der Waals surface area contributed by atoms with Gasteiger partial charge >= 0.3 is 0 Å². The predicted octanol–water partition coefficient (Wildman–Crippen LogP) is 6.02. The smallest absolute Gasteiger partial charge is 0.257 e. The molecule has 0 bridgehead atoms. The Morgan fingerprint density at radius 2 is 1.92 bits per heavy atom. The van der Waals surface area contributed by atoms with Crippen molar-refractivity contribution in [2.24, 2.45) is 0 Å². The highest BCUT2D eigenvalue weighted by Gasteiger charge is 2.31. The van der Waals surface area contributed by atoms with Crippen LogP contribution >= 0.6 is 11.6 Å². The van der Waals surface area contributed by atoms with Crippen molar-refractivity contribution in [3.05, 3.63) is 88.7 Å². The van der Waals surface area contributed by atoms with Crippen LogP contribution in [0.4, 0.5) is 11.4 Å². The van der Waals surface area contributed by atoms with Gasteiger partial charge in [-0.05, 0) is 67.4 Å². The second-order valence-electron chi connectivity index (χ2n) is 9.43. The molecule has 1 amide bonds. The Morgan fingerprint density at radius 1 is 1.08 bits per heavy atom. The van der Waals surface area contributed by atoms with Crippen molar-refractivity contribution in [2.45, 2.75) is 25.8 Å². The van der Waals surface area contributed by atoms with Crippen LogP contribution in [-0.2, 0) is 4.79 Å². The maximum Gasteiger partial charge on any atom is 0.257 e. The van der Waals surface area contributed by atoms with Gasteiger partial charge in [0.15, 0.2) is 0 Å². The summed E-state index contributed by atoms with van der Waals surface area (Å²) in [6.07, 6.45) is 2.22. The molecular formula is C29H28ClN5O. The normalized spacial score (nSPS) is 17.8. The Kier molecular flexibility index (Phi) is 5.99. The maximum absolute atomic E-state index is 13.4. The predicted molar refractivity (Wildman–Crippen MR) is 147 cm³/mol. The molecule has 3 N–H and O–H groups in total. The summed E-state index contributed by atoms with van der Waals surface area (Å²) in [5, 5.41) is 7.37. The molecule has 7 heteroatoms. The Bertz CT molecular complexity index is 1450. The lowest BCUT2D eigenvalue weighted by molar-refractivity contribution is -0.110. The number of rotatable bonds is 5. The topological polar surface area (TPSA) is 73.0 Å². The molecule has 36 heavy (non-hydrogen) atoms. The standard InChI is InChI=1S/C29H28ClN5O/c1-2-35-14-12-20(13-15-35)31-21-10-11-23-22(17-21)27(29(36)34-23)26(18-6-5-7-19(30)16-18)28-32-24-8-3-4-9-25(24)33-28/h3-11,16-17,20,31H,2,12-15H2,1H3,(H,32,33)(H,34,36). The summed E-state index contributed by atoms with van der Waals surface area (Å²) < 4.78 is 0. The fourth-order valence-electron chi connectivity index (χ4n) is 5.25. The van der Waals surface area contributed by atoms with Crippen LogP contribution in [-0.4, -0.2) is 46.5 Å². The number of imidazole rings is 1. The van der Waals surface area contributed by atoms with Crippen molar-refractivity contribution < 1.29 is 4.79 Å². The first kappa shape index (κ1) is 22.8. The van der Waals surface area contributed by atoms with E-state index in [1.807, 2.05) is 54.6 Å². The second-order valence-corrected chi connectivity index (χ2v) is 9.87. The molecule has 0 unspecified atom stereocenters. The minimum absolute atomic E-state index is 0.145. The molecule has 6 nitrogen and oxygen atoms in total. The van der Waals surface area contributed by atoms with Gasteiger partial charge in [-0.2, -0.15) is 0 Å². The van der Waals surface area contributed by atoms with E-state index in [0.29, 0.717) is 22.5 Å². The fraction of sp³-hybridized carbons (Fsp3) is 0.241. The van der Waals surface area contributed by atoms with E-state index < -0.39 is 0 Å². The molecule has 0 radical (unpaired) electrons. The summed E-state index contributed by atoms with van der Waals surface area (Å²) in [5.41, 5.74) is 6.62. The number of benzene rings is 3. The lowest BCUT2D eigenvalue weighted by atomic mass is 9.94. The zero-order valence-corrected chi connectivity index (χ0v) is 20.9. The number of piperidine rings is 1. The van der Waals surface area contributed by atoms with Gasteiger partial charge in [0, 0.05) is 46.7 Å². The number of halogens is 1. The number of hydrogen-bond acceptors (Lipinski definition) is 4. The Balaban J connectivity index is 1.46. The first-order valence-corrected chi connectivity index (χ1v) is 12.9. The van der Waals surface area contributed by atoms with Gasteiger partial charge < -0.3 is 20.5 Å². The van der Waals surface area contributed by atoms with Crippen molar-refractivity contribution >= 4 is 51.1 Å². The minimum atomic E-state index is -0.145. The zero-order valence-electron chi connectivity index (χ0n) is 20.1. The fourth-order valence-corrected chi connectivity index (χ4v) is 5.44. The molecule has 182 valence electrons.